The maximum Gasteiger partial charge on any atom is 0.250 e. The van der Waals surface area contributed by atoms with Gasteiger partial charge in [-0.2, -0.15) is 0 Å². The molecular weight excluding hydrogens is 492 g/mol. The SMILES string of the molecule is COc1cccc(N2C(=O)[C@H]3[C@@H](C2=O)[C@@]2(N[C@@H]3Cc3c[nH]c4ccccc34)C(=O)Nc3c2ccc(C)c3C)c1. The molecule has 3 aliphatic rings. The van der Waals surface area contributed by atoms with Crippen molar-refractivity contribution in [1.29, 1.82) is 0 Å². The predicted octanol–water partition coefficient (Wildman–Crippen LogP) is 3.96. The first-order valence-corrected chi connectivity index (χ1v) is 13.1. The fraction of sp³-hybridized carbons (Fsp3) is 0.258. The van der Waals surface area contributed by atoms with Crippen LogP contribution in [0.1, 0.15) is 22.3 Å². The van der Waals surface area contributed by atoms with Crippen molar-refractivity contribution >= 4 is 40.0 Å². The number of hydrogen-bond acceptors (Lipinski definition) is 5. The largest absolute Gasteiger partial charge is 0.497 e. The Bertz CT molecular complexity index is 1710. The van der Waals surface area contributed by atoms with Gasteiger partial charge in [0, 0.05) is 40.5 Å². The van der Waals surface area contributed by atoms with Gasteiger partial charge < -0.3 is 15.0 Å². The summed E-state index contributed by atoms with van der Waals surface area (Å²) in [5, 5.41) is 7.68. The van der Waals surface area contributed by atoms with Gasteiger partial charge in [-0.3, -0.25) is 19.7 Å². The second kappa shape index (κ2) is 8.28. The van der Waals surface area contributed by atoms with Gasteiger partial charge in [0.25, 0.3) is 0 Å². The number of fused-ring (bicyclic) bond motifs is 5. The lowest BCUT2D eigenvalue weighted by atomic mass is 9.75. The Morgan fingerprint density at radius 2 is 1.79 bits per heavy atom. The predicted molar refractivity (Wildman–Crippen MR) is 148 cm³/mol. The molecule has 0 unspecified atom stereocenters. The normalized spacial score (nSPS) is 25.5. The minimum atomic E-state index is -1.35. The van der Waals surface area contributed by atoms with Crippen molar-refractivity contribution in [3.63, 3.8) is 0 Å². The van der Waals surface area contributed by atoms with E-state index in [1.165, 1.54) is 4.90 Å². The molecule has 3 aliphatic heterocycles. The number of amides is 3. The van der Waals surface area contributed by atoms with Crippen LogP contribution in [0.5, 0.6) is 5.75 Å². The summed E-state index contributed by atoms with van der Waals surface area (Å²) in [6.07, 6.45) is 2.43. The molecular formula is C31H28N4O4. The van der Waals surface area contributed by atoms with Crippen molar-refractivity contribution in [2.45, 2.75) is 31.8 Å². The van der Waals surface area contributed by atoms with E-state index in [0.717, 1.165) is 38.8 Å². The number of H-pyrrole nitrogens is 1. The molecule has 8 heteroatoms. The van der Waals surface area contributed by atoms with Crippen LogP contribution in [0, 0.1) is 25.7 Å². The van der Waals surface area contributed by atoms with Crippen LogP contribution in [-0.4, -0.2) is 35.9 Å². The van der Waals surface area contributed by atoms with Gasteiger partial charge in [-0.25, -0.2) is 4.90 Å². The molecule has 4 heterocycles. The Kier molecular flexibility index (Phi) is 5.03. The minimum absolute atomic E-state index is 0.295. The number of nitrogens with zero attached hydrogens (tertiary/aromatic N) is 1. The summed E-state index contributed by atoms with van der Waals surface area (Å²) in [5.41, 5.74) is 4.56. The Balaban J connectivity index is 1.39. The van der Waals surface area contributed by atoms with Gasteiger partial charge in [-0.15, -0.1) is 0 Å². The third-order valence-electron chi connectivity index (χ3n) is 8.85. The van der Waals surface area contributed by atoms with E-state index in [-0.39, 0.29) is 17.7 Å². The van der Waals surface area contributed by atoms with Crippen LogP contribution >= 0.6 is 0 Å². The number of ether oxygens (including phenoxy) is 1. The van der Waals surface area contributed by atoms with Crippen molar-refractivity contribution in [3.8, 4) is 5.75 Å². The molecule has 4 aromatic rings. The Labute approximate surface area is 225 Å². The quantitative estimate of drug-likeness (QED) is 0.354. The van der Waals surface area contributed by atoms with Crippen LogP contribution < -0.4 is 20.3 Å². The second-order valence-electron chi connectivity index (χ2n) is 10.7. The van der Waals surface area contributed by atoms with E-state index in [1.807, 2.05) is 56.4 Å². The lowest BCUT2D eigenvalue weighted by molar-refractivity contribution is -0.130. The van der Waals surface area contributed by atoms with Crippen LogP contribution in [0.2, 0.25) is 0 Å². The highest BCUT2D eigenvalue weighted by Gasteiger charge is 2.70. The summed E-state index contributed by atoms with van der Waals surface area (Å²) < 4.78 is 5.36. The number of imide groups is 1. The molecule has 0 saturated carbocycles. The molecule has 39 heavy (non-hydrogen) atoms. The fourth-order valence-electron chi connectivity index (χ4n) is 6.84. The zero-order valence-electron chi connectivity index (χ0n) is 21.9. The van der Waals surface area contributed by atoms with Gasteiger partial charge >= 0.3 is 0 Å². The number of aromatic nitrogens is 1. The number of nitrogens with one attached hydrogen (secondary N) is 3. The molecule has 1 spiro atoms. The first-order valence-electron chi connectivity index (χ1n) is 13.1. The number of aryl methyl sites for hydroxylation is 1. The van der Waals surface area contributed by atoms with E-state index < -0.39 is 23.4 Å². The Morgan fingerprint density at radius 1 is 0.974 bits per heavy atom. The standard InChI is InChI=1S/C31H28N4O4/c1-16-11-12-22-27(17(16)2)33-30(38)31(22)26-25(24(34-31)13-18-15-32-23-10-5-4-9-21(18)23)28(36)35(29(26)37)19-7-6-8-20(14-19)39-3/h4-12,14-15,24-26,32,34H,13H2,1-3H3,(H,33,38)/t24-,25-,26+,31-/m1/s1. The number of carbonyl (C=O) groups excluding carboxylic acids is 3. The minimum Gasteiger partial charge on any atom is -0.497 e. The highest BCUT2D eigenvalue weighted by Crippen LogP contribution is 2.55. The summed E-state index contributed by atoms with van der Waals surface area (Å²) in [6, 6.07) is 18.4. The number of rotatable bonds is 4. The number of hydrogen-bond donors (Lipinski definition) is 3. The molecule has 1 aromatic heterocycles. The molecule has 2 saturated heterocycles. The van der Waals surface area contributed by atoms with Gasteiger partial charge in [0.1, 0.15) is 11.3 Å². The maximum atomic E-state index is 14.3. The van der Waals surface area contributed by atoms with Crippen molar-refractivity contribution < 1.29 is 19.1 Å². The molecule has 0 radical (unpaired) electrons. The number of methoxy groups -OCH3 is 1. The van der Waals surface area contributed by atoms with Crippen molar-refractivity contribution in [3.05, 3.63) is 89.1 Å². The summed E-state index contributed by atoms with van der Waals surface area (Å²) in [4.78, 5) is 46.9. The average molecular weight is 521 g/mol. The zero-order chi connectivity index (χ0) is 27.1. The number of aromatic amines is 1. The molecule has 8 nitrogen and oxygen atoms in total. The molecule has 4 atom stereocenters. The average Bonchev–Trinajstić information content (AvgIpc) is 3.65. The van der Waals surface area contributed by atoms with Gasteiger partial charge in [-0.05, 0) is 55.2 Å². The van der Waals surface area contributed by atoms with E-state index in [2.05, 4.69) is 15.6 Å². The Hall–Kier alpha value is -4.43. The topological polar surface area (TPSA) is 104 Å². The van der Waals surface area contributed by atoms with Crippen molar-refractivity contribution in [1.82, 2.24) is 10.3 Å². The molecule has 0 bridgehead atoms. The first kappa shape index (κ1) is 23.7. The van der Waals surface area contributed by atoms with Gasteiger partial charge in [0.05, 0.1) is 24.6 Å². The van der Waals surface area contributed by atoms with Crippen LogP contribution in [-0.2, 0) is 26.3 Å². The summed E-state index contributed by atoms with van der Waals surface area (Å²) >= 11 is 0. The summed E-state index contributed by atoms with van der Waals surface area (Å²) in [5.74, 6) is -2.06. The molecule has 3 N–H and O–H groups in total. The van der Waals surface area contributed by atoms with Crippen LogP contribution in [0.4, 0.5) is 11.4 Å². The molecule has 3 aromatic carbocycles. The third-order valence-corrected chi connectivity index (χ3v) is 8.85. The van der Waals surface area contributed by atoms with Gasteiger partial charge in [-0.1, -0.05) is 36.4 Å². The summed E-state index contributed by atoms with van der Waals surface area (Å²) in [6.45, 7) is 3.96. The fourth-order valence-corrected chi connectivity index (χ4v) is 6.84. The maximum absolute atomic E-state index is 14.3. The lowest BCUT2D eigenvalue weighted by Gasteiger charge is -2.29. The monoisotopic (exact) mass is 520 g/mol. The van der Waals surface area contributed by atoms with E-state index >= 15 is 0 Å². The van der Waals surface area contributed by atoms with E-state index in [4.69, 9.17) is 4.74 Å². The first-order chi connectivity index (χ1) is 18.8. The smallest absolute Gasteiger partial charge is 0.250 e. The Morgan fingerprint density at radius 3 is 2.62 bits per heavy atom. The highest BCUT2D eigenvalue weighted by molar-refractivity contribution is 6.26. The second-order valence-corrected chi connectivity index (χ2v) is 10.7. The van der Waals surface area contributed by atoms with Crippen LogP contribution in [0.3, 0.4) is 0 Å². The molecule has 3 amide bonds. The molecule has 0 aliphatic carbocycles. The summed E-state index contributed by atoms with van der Waals surface area (Å²) in [7, 11) is 1.54. The van der Waals surface area contributed by atoms with E-state index in [9.17, 15) is 14.4 Å². The van der Waals surface area contributed by atoms with Crippen LogP contribution in [0.15, 0.2) is 66.9 Å². The highest BCUT2D eigenvalue weighted by atomic mass is 16.5. The number of anilines is 2. The van der Waals surface area contributed by atoms with Crippen LogP contribution in [0.25, 0.3) is 10.9 Å². The van der Waals surface area contributed by atoms with Crippen molar-refractivity contribution in [2.75, 3.05) is 17.3 Å². The van der Waals surface area contributed by atoms with Gasteiger partial charge in [0.15, 0.2) is 0 Å². The number of carbonyl (C=O) groups is 3. The number of benzene rings is 3. The zero-order valence-corrected chi connectivity index (χ0v) is 21.9. The lowest BCUT2D eigenvalue weighted by Crippen LogP contribution is -2.53. The van der Waals surface area contributed by atoms with Gasteiger partial charge in [0.2, 0.25) is 17.7 Å². The van der Waals surface area contributed by atoms with E-state index in [1.54, 1.807) is 31.4 Å². The number of para-hydroxylation sites is 1. The third kappa shape index (κ3) is 3.12. The molecule has 2 fully saturated rings. The molecule has 7 rings (SSSR count). The van der Waals surface area contributed by atoms with Crippen molar-refractivity contribution in [2.24, 2.45) is 11.8 Å². The molecule has 196 valence electrons. The van der Waals surface area contributed by atoms with E-state index in [0.29, 0.717) is 17.9 Å².